The van der Waals surface area contributed by atoms with Gasteiger partial charge in [0.25, 0.3) is 10.0 Å². The lowest BCUT2D eigenvalue weighted by molar-refractivity contribution is -0.114. The molecule has 0 heterocycles. The summed E-state index contributed by atoms with van der Waals surface area (Å²) in [4.78, 5) is 13.4. The van der Waals surface area contributed by atoms with Crippen LogP contribution in [-0.4, -0.2) is 28.0 Å². The number of nitrogens with zero attached hydrogens (tertiary/aromatic N) is 1. The Morgan fingerprint density at radius 1 is 0.950 bits per heavy atom. The first-order chi connectivity index (χ1) is 19.1. The number of carbonyl (C=O) groups is 1. The number of sulfonamides is 1. The highest BCUT2D eigenvalue weighted by molar-refractivity contribution is 7.92. The van der Waals surface area contributed by atoms with Gasteiger partial charge >= 0.3 is 0 Å². The fourth-order valence-corrected chi connectivity index (χ4v) is 9.33. The Balaban J connectivity index is 1.22. The number of halogens is 1. The number of hydrogen-bond donors (Lipinski definition) is 1. The zero-order valence-electron chi connectivity index (χ0n) is 22.9. The van der Waals surface area contributed by atoms with Gasteiger partial charge in [0.15, 0.2) is 0 Å². The Kier molecular flexibility index (Phi) is 7.07. The van der Waals surface area contributed by atoms with E-state index in [-0.39, 0.29) is 21.0 Å². The molecule has 4 fully saturated rings. The summed E-state index contributed by atoms with van der Waals surface area (Å²) in [5, 5.41) is 3.16. The van der Waals surface area contributed by atoms with Crippen LogP contribution in [0.4, 0.5) is 11.4 Å². The van der Waals surface area contributed by atoms with E-state index >= 15 is 0 Å². The summed E-state index contributed by atoms with van der Waals surface area (Å²) in [6, 6.07) is 19.5. The van der Waals surface area contributed by atoms with Gasteiger partial charge in [-0.15, -0.1) is 0 Å². The third-order valence-corrected chi connectivity index (χ3v) is 11.2. The Labute approximate surface area is 241 Å². The largest absolute Gasteiger partial charge is 0.495 e. The van der Waals surface area contributed by atoms with Crippen molar-refractivity contribution >= 4 is 38.9 Å². The minimum absolute atomic E-state index is 0.0952. The SMILES string of the molecule is COc1ccc(N(CC(=O)Nc2ccc(C34CC5CC(CC(C5)C3)C4)cc2)S(=O)(=O)c2ccc(C)cc2)cc1Cl. The molecule has 0 aromatic heterocycles. The van der Waals surface area contributed by atoms with Crippen LogP contribution in [0.25, 0.3) is 0 Å². The number of hydrogen-bond acceptors (Lipinski definition) is 4. The van der Waals surface area contributed by atoms with Crippen molar-refractivity contribution in [1.29, 1.82) is 0 Å². The molecule has 4 aliphatic rings. The molecule has 0 saturated heterocycles. The van der Waals surface area contributed by atoms with Crippen LogP contribution in [0.1, 0.15) is 49.7 Å². The summed E-state index contributed by atoms with van der Waals surface area (Å²) in [6.07, 6.45) is 8.03. The smallest absolute Gasteiger partial charge is 0.264 e. The Morgan fingerprint density at radius 2 is 1.55 bits per heavy atom. The molecule has 6 nitrogen and oxygen atoms in total. The van der Waals surface area contributed by atoms with Gasteiger partial charge in [0, 0.05) is 5.69 Å². The highest BCUT2D eigenvalue weighted by atomic mass is 35.5. The lowest BCUT2D eigenvalue weighted by atomic mass is 9.48. The molecule has 0 radical (unpaired) electrons. The van der Waals surface area contributed by atoms with Crippen LogP contribution < -0.4 is 14.4 Å². The van der Waals surface area contributed by atoms with Gasteiger partial charge in [0.05, 0.1) is 22.7 Å². The summed E-state index contributed by atoms with van der Waals surface area (Å²) < 4.78 is 33.8. The molecule has 4 aliphatic carbocycles. The van der Waals surface area contributed by atoms with Gasteiger partial charge in [0.1, 0.15) is 12.3 Å². The summed E-state index contributed by atoms with van der Waals surface area (Å²) in [5.41, 5.74) is 3.52. The Bertz CT molecular complexity index is 1480. The quantitative estimate of drug-likeness (QED) is 0.313. The number of aryl methyl sites for hydroxylation is 1. The van der Waals surface area contributed by atoms with E-state index in [0.717, 1.165) is 27.6 Å². The number of nitrogens with one attached hydrogen (secondary N) is 1. The Morgan fingerprint density at radius 3 is 2.10 bits per heavy atom. The van der Waals surface area contributed by atoms with E-state index in [1.807, 2.05) is 19.1 Å². The molecule has 0 atom stereocenters. The van der Waals surface area contributed by atoms with Crippen LogP contribution in [-0.2, 0) is 20.2 Å². The first-order valence-electron chi connectivity index (χ1n) is 14.0. The van der Waals surface area contributed by atoms with Crippen LogP contribution >= 0.6 is 11.6 Å². The second-order valence-corrected chi connectivity index (χ2v) is 14.2. The van der Waals surface area contributed by atoms with Crippen LogP contribution in [0.2, 0.25) is 5.02 Å². The van der Waals surface area contributed by atoms with E-state index in [9.17, 15) is 13.2 Å². The highest BCUT2D eigenvalue weighted by Crippen LogP contribution is 2.60. The van der Waals surface area contributed by atoms with E-state index in [0.29, 0.717) is 11.4 Å². The van der Waals surface area contributed by atoms with Crippen molar-refractivity contribution in [2.24, 2.45) is 17.8 Å². The van der Waals surface area contributed by atoms with Crippen molar-refractivity contribution in [3.8, 4) is 5.75 Å². The van der Waals surface area contributed by atoms with Crippen molar-refractivity contribution in [2.45, 2.75) is 55.8 Å². The second-order valence-electron chi connectivity index (χ2n) is 12.0. The van der Waals surface area contributed by atoms with E-state index < -0.39 is 22.5 Å². The first-order valence-corrected chi connectivity index (χ1v) is 15.8. The molecule has 4 saturated carbocycles. The van der Waals surface area contributed by atoms with Gasteiger partial charge in [-0.2, -0.15) is 0 Å². The number of rotatable bonds is 8. The fraction of sp³-hybridized carbons (Fsp3) is 0.406. The van der Waals surface area contributed by atoms with E-state index in [4.69, 9.17) is 16.3 Å². The maximum atomic E-state index is 13.7. The van der Waals surface area contributed by atoms with Crippen molar-refractivity contribution in [2.75, 3.05) is 23.3 Å². The number of anilines is 2. The van der Waals surface area contributed by atoms with Crippen molar-refractivity contribution in [3.05, 3.63) is 82.9 Å². The van der Waals surface area contributed by atoms with E-state index in [1.165, 1.54) is 57.3 Å². The molecule has 0 aliphatic heterocycles. The number of benzene rings is 3. The number of amides is 1. The van der Waals surface area contributed by atoms with E-state index in [1.54, 1.807) is 36.4 Å². The molecule has 1 N–H and O–H groups in total. The average Bonchev–Trinajstić information content (AvgIpc) is 2.91. The maximum absolute atomic E-state index is 13.7. The van der Waals surface area contributed by atoms with Gasteiger partial charge in [-0.25, -0.2) is 8.42 Å². The zero-order chi connectivity index (χ0) is 28.1. The lowest BCUT2D eigenvalue weighted by Crippen LogP contribution is -2.48. The van der Waals surface area contributed by atoms with Gasteiger partial charge in [-0.1, -0.05) is 41.4 Å². The summed E-state index contributed by atoms with van der Waals surface area (Å²) in [7, 11) is -2.56. The third-order valence-electron chi connectivity index (χ3n) is 9.14. The fourth-order valence-electron chi connectivity index (χ4n) is 7.67. The molecule has 3 aromatic carbocycles. The van der Waals surface area contributed by atoms with Crippen LogP contribution in [0, 0.1) is 24.7 Å². The number of methoxy groups -OCH3 is 1. The van der Waals surface area contributed by atoms with Crippen molar-refractivity contribution < 1.29 is 17.9 Å². The van der Waals surface area contributed by atoms with Crippen LogP contribution in [0.15, 0.2) is 71.6 Å². The highest BCUT2D eigenvalue weighted by Gasteiger charge is 2.51. The minimum atomic E-state index is -4.05. The summed E-state index contributed by atoms with van der Waals surface area (Å²) in [5.74, 6) is 2.56. The summed E-state index contributed by atoms with van der Waals surface area (Å²) >= 11 is 6.34. The monoisotopic (exact) mass is 578 g/mol. The molecule has 3 aromatic rings. The molecule has 1 amide bonds. The molecular weight excluding hydrogens is 544 g/mol. The van der Waals surface area contributed by atoms with Gasteiger partial charge in [-0.3, -0.25) is 9.10 Å². The minimum Gasteiger partial charge on any atom is -0.495 e. The van der Waals surface area contributed by atoms with E-state index in [2.05, 4.69) is 17.4 Å². The predicted molar refractivity (Wildman–Crippen MR) is 159 cm³/mol. The number of ether oxygens (including phenoxy) is 1. The van der Waals surface area contributed by atoms with Gasteiger partial charge in [-0.05, 0) is 117 Å². The molecule has 40 heavy (non-hydrogen) atoms. The average molecular weight is 579 g/mol. The Hall–Kier alpha value is -3.03. The van der Waals surface area contributed by atoms with Crippen LogP contribution in [0.5, 0.6) is 5.75 Å². The number of carbonyl (C=O) groups excluding carboxylic acids is 1. The second kappa shape index (κ2) is 10.4. The van der Waals surface area contributed by atoms with Crippen molar-refractivity contribution in [3.63, 3.8) is 0 Å². The van der Waals surface area contributed by atoms with Gasteiger partial charge < -0.3 is 10.1 Å². The van der Waals surface area contributed by atoms with Crippen LogP contribution in [0.3, 0.4) is 0 Å². The maximum Gasteiger partial charge on any atom is 0.264 e. The van der Waals surface area contributed by atoms with Gasteiger partial charge in [0.2, 0.25) is 5.91 Å². The predicted octanol–water partition coefficient (Wildman–Crippen LogP) is 6.96. The molecular formula is C32H35ClN2O4S. The molecule has 210 valence electrons. The topological polar surface area (TPSA) is 75.7 Å². The normalized spacial score (nSPS) is 25.0. The molecule has 4 bridgehead atoms. The standard InChI is InChI=1S/C32H35ClN2O4S/c1-21-3-10-28(11-4-21)40(37,38)35(27-9-12-30(39-2)29(33)16-27)20-31(36)34-26-7-5-25(6-8-26)32-17-22-13-23(18-32)15-24(14-22)19-32/h3-12,16,22-24H,13-15,17-20H2,1-2H3,(H,34,36). The summed E-state index contributed by atoms with van der Waals surface area (Å²) in [6.45, 7) is 1.48. The third kappa shape index (κ3) is 5.10. The first kappa shape index (κ1) is 27.2. The molecule has 0 spiro atoms. The molecule has 7 rings (SSSR count). The van der Waals surface area contributed by atoms with Crippen molar-refractivity contribution in [1.82, 2.24) is 0 Å². The molecule has 8 heteroatoms. The lowest BCUT2D eigenvalue weighted by Gasteiger charge is -2.57. The molecule has 0 unspecified atom stereocenters. The zero-order valence-corrected chi connectivity index (χ0v) is 24.5.